The lowest BCUT2D eigenvalue weighted by Crippen LogP contribution is -2.17. The predicted octanol–water partition coefficient (Wildman–Crippen LogP) is 4.89. The summed E-state index contributed by atoms with van der Waals surface area (Å²) in [4.78, 5) is 0. The summed E-state index contributed by atoms with van der Waals surface area (Å²) >= 11 is 0. The van der Waals surface area contributed by atoms with Gasteiger partial charge in [-0.2, -0.15) is 0 Å². The Morgan fingerprint density at radius 1 is 1.30 bits per heavy atom. The van der Waals surface area contributed by atoms with E-state index >= 15 is 0 Å². The van der Waals surface area contributed by atoms with Gasteiger partial charge >= 0.3 is 0 Å². The average Bonchev–Trinajstić information content (AvgIpc) is 2.42. The molecule has 0 aliphatic rings. The van der Waals surface area contributed by atoms with E-state index < -0.39 is 6.17 Å². The van der Waals surface area contributed by atoms with Crippen LogP contribution in [-0.4, -0.2) is 20.6 Å². The highest BCUT2D eigenvalue weighted by molar-refractivity contribution is 6.21. The number of rotatable bonds is 12. The van der Waals surface area contributed by atoms with Gasteiger partial charge in [-0.25, -0.2) is 4.39 Å². The summed E-state index contributed by atoms with van der Waals surface area (Å²) in [6.07, 6.45) is 7.79. The molecule has 2 radical (unpaired) electrons. The molecule has 2 atom stereocenters. The van der Waals surface area contributed by atoms with Gasteiger partial charge in [-0.3, -0.25) is 0 Å². The molecule has 0 bridgehead atoms. The number of halogens is 1. The molecule has 0 aromatic heterocycles. The fourth-order valence-electron chi connectivity index (χ4n) is 2.25. The van der Waals surface area contributed by atoms with Gasteiger partial charge in [-0.05, 0) is 37.7 Å². The van der Waals surface area contributed by atoms with Crippen LogP contribution in [0.2, 0.25) is 0 Å². The van der Waals surface area contributed by atoms with E-state index in [1.54, 1.807) is 0 Å². The molecule has 0 saturated carbocycles. The first kappa shape index (κ1) is 19.3. The van der Waals surface area contributed by atoms with Gasteiger partial charge in [0.25, 0.3) is 0 Å². The molecule has 0 amide bonds. The van der Waals surface area contributed by atoms with Gasteiger partial charge in [0.1, 0.15) is 14.0 Å². The zero-order valence-electron chi connectivity index (χ0n) is 13.6. The minimum atomic E-state index is -0.610. The van der Waals surface area contributed by atoms with E-state index in [0.29, 0.717) is 17.9 Å². The van der Waals surface area contributed by atoms with Crippen LogP contribution in [-0.2, 0) is 0 Å². The molecule has 0 fully saturated rings. The quantitative estimate of drug-likeness (QED) is 0.396. The molecule has 2 unspecified atom stereocenters. The summed E-state index contributed by atoms with van der Waals surface area (Å²) in [6, 6.07) is 0. The fraction of sp³-hybridized carbons (Fsp3) is 0.765. The van der Waals surface area contributed by atoms with E-state index in [1.807, 2.05) is 13.0 Å². The highest BCUT2D eigenvalue weighted by Gasteiger charge is 2.09. The lowest BCUT2D eigenvalue weighted by Gasteiger charge is -2.15. The minimum Gasteiger partial charge on any atom is -0.394 e. The van der Waals surface area contributed by atoms with Crippen molar-refractivity contribution in [3.05, 3.63) is 23.8 Å². The summed E-state index contributed by atoms with van der Waals surface area (Å²) < 4.78 is 13.5. The van der Waals surface area contributed by atoms with Crippen molar-refractivity contribution in [1.29, 1.82) is 0 Å². The van der Waals surface area contributed by atoms with Crippen molar-refractivity contribution < 1.29 is 4.39 Å². The smallest absolute Gasteiger partial charge is 0.137 e. The zero-order chi connectivity index (χ0) is 15.4. The lowest BCUT2D eigenvalue weighted by atomic mass is 9.94. The number of alkyl halides is 1. The Morgan fingerprint density at radius 3 is 2.55 bits per heavy atom. The second kappa shape index (κ2) is 12.0. The van der Waals surface area contributed by atoms with Crippen LogP contribution in [0.15, 0.2) is 23.8 Å². The van der Waals surface area contributed by atoms with Gasteiger partial charge in [0.2, 0.25) is 0 Å². The maximum Gasteiger partial charge on any atom is 0.137 e. The molecule has 1 N–H and O–H groups in total. The predicted molar refractivity (Wildman–Crippen MR) is 88.7 cm³/mol. The van der Waals surface area contributed by atoms with Gasteiger partial charge in [-0.15, -0.1) is 0 Å². The fourth-order valence-corrected chi connectivity index (χ4v) is 2.25. The maximum absolute atomic E-state index is 13.5. The third-order valence-electron chi connectivity index (χ3n) is 3.58. The van der Waals surface area contributed by atoms with Gasteiger partial charge < -0.3 is 5.32 Å². The number of nitrogens with one attached hydrogen (secondary N) is 1. The summed E-state index contributed by atoms with van der Waals surface area (Å²) in [5, 5.41) is 3.11. The molecule has 0 aliphatic heterocycles. The number of hydrogen-bond donors (Lipinski definition) is 1. The standard InChI is InChI=1S/C17H31BFN/c1-5-7-10-16(19)11-8-9-14(3)12-15(4)13-20-17(18)6-2/h6,14,16,20H,4-5,7-13H2,1-3H3/b17-6-. The molecule has 20 heavy (non-hydrogen) atoms. The van der Waals surface area contributed by atoms with E-state index in [-0.39, 0.29) is 0 Å². The molecule has 0 aromatic rings. The minimum absolute atomic E-state index is 0.564. The lowest BCUT2D eigenvalue weighted by molar-refractivity contribution is 0.276. The van der Waals surface area contributed by atoms with Crippen LogP contribution in [0.4, 0.5) is 4.39 Å². The molecule has 114 valence electrons. The van der Waals surface area contributed by atoms with E-state index in [9.17, 15) is 4.39 Å². The normalized spacial score (nSPS) is 14.9. The van der Waals surface area contributed by atoms with Crippen LogP contribution in [0.1, 0.15) is 65.7 Å². The summed E-state index contributed by atoms with van der Waals surface area (Å²) in [6.45, 7) is 11.0. The largest absolute Gasteiger partial charge is 0.394 e. The average molecular weight is 279 g/mol. The molecule has 0 heterocycles. The second-order valence-corrected chi connectivity index (χ2v) is 5.83. The Kier molecular flexibility index (Phi) is 11.6. The van der Waals surface area contributed by atoms with Crippen molar-refractivity contribution in [2.45, 2.75) is 71.9 Å². The molecule has 0 aliphatic carbocycles. The van der Waals surface area contributed by atoms with Crippen LogP contribution in [0.5, 0.6) is 0 Å². The van der Waals surface area contributed by atoms with Gasteiger partial charge in [-0.1, -0.05) is 57.8 Å². The third kappa shape index (κ3) is 11.1. The maximum atomic E-state index is 13.5. The van der Waals surface area contributed by atoms with E-state index in [4.69, 9.17) is 7.85 Å². The monoisotopic (exact) mass is 279 g/mol. The van der Waals surface area contributed by atoms with Crippen LogP contribution < -0.4 is 5.32 Å². The number of hydrogen-bond acceptors (Lipinski definition) is 1. The Hall–Kier alpha value is -0.725. The molecular weight excluding hydrogens is 248 g/mol. The molecular formula is C17H31BFN. The van der Waals surface area contributed by atoms with Crippen molar-refractivity contribution in [2.75, 3.05) is 6.54 Å². The Balaban J connectivity index is 3.66. The van der Waals surface area contributed by atoms with E-state index in [1.165, 1.54) is 0 Å². The summed E-state index contributed by atoms with van der Waals surface area (Å²) in [5.41, 5.74) is 1.85. The van der Waals surface area contributed by atoms with E-state index in [0.717, 1.165) is 50.6 Å². The zero-order valence-corrected chi connectivity index (χ0v) is 13.6. The Morgan fingerprint density at radius 2 is 1.95 bits per heavy atom. The van der Waals surface area contributed by atoms with Crippen molar-refractivity contribution in [3.63, 3.8) is 0 Å². The SMILES string of the molecule is [B]/C(=C/C)NCC(=C)CC(C)CCCC(F)CCCC. The number of unbranched alkanes of at least 4 members (excludes halogenated alkanes) is 1. The van der Waals surface area contributed by atoms with Crippen molar-refractivity contribution in [1.82, 2.24) is 5.32 Å². The van der Waals surface area contributed by atoms with Crippen molar-refractivity contribution in [2.24, 2.45) is 5.92 Å². The van der Waals surface area contributed by atoms with Crippen molar-refractivity contribution >= 4 is 7.85 Å². The van der Waals surface area contributed by atoms with Crippen LogP contribution in [0.3, 0.4) is 0 Å². The second-order valence-electron chi connectivity index (χ2n) is 5.83. The van der Waals surface area contributed by atoms with Gasteiger partial charge in [0, 0.05) is 6.54 Å². The Bertz CT molecular complexity index is 289. The van der Waals surface area contributed by atoms with Gasteiger partial charge in [0.15, 0.2) is 0 Å². The molecule has 0 rings (SSSR count). The molecule has 0 spiro atoms. The highest BCUT2D eigenvalue weighted by Crippen LogP contribution is 2.19. The third-order valence-corrected chi connectivity index (χ3v) is 3.58. The van der Waals surface area contributed by atoms with Crippen LogP contribution in [0.25, 0.3) is 0 Å². The Labute approximate surface area is 126 Å². The summed E-state index contributed by atoms with van der Waals surface area (Å²) in [5.74, 6) is 0.564. The van der Waals surface area contributed by atoms with E-state index in [2.05, 4.69) is 25.7 Å². The van der Waals surface area contributed by atoms with Gasteiger partial charge in [0.05, 0.1) is 0 Å². The molecule has 0 saturated heterocycles. The molecule has 3 heteroatoms. The van der Waals surface area contributed by atoms with Crippen LogP contribution in [0, 0.1) is 5.92 Å². The highest BCUT2D eigenvalue weighted by atomic mass is 19.1. The first-order chi connectivity index (χ1) is 9.49. The number of allylic oxidation sites excluding steroid dienone is 1. The van der Waals surface area contributed by atoms with Crippen LogP contribution >= 0.6 is 0 Å². The van der Waals surface area contributed by atoms with Crippen molar-refractivity contribution in [3.8, 4) is 0 Å². The molecule has 1 nitrogen and oxygen atoms in total. The molecule has 0 aromatic carbocycles. The topological polar surface area (TPSA) is 12.0 Å². The first-order valence-corrected chi connectivity index (χ1v) is 7.95. The summed E-state index contributed by atoms with van der Waals surface area (Å²) in [7, 11) is 5.67. The first-order valence-electron chi connectivity index (χ1n) is 7.95.